The summed E-state index contributed by atoms with van der Waals surface area (Å²) in [5.74, 6) is 1.50. The van der Waals surface area contributed by atoms with Crippen molar-refractivity contribution in [3.05, 3.63) is 53.9 Å². The van der Waals surface area contributed by atoms with Crippen LogP contribution in [-0.4, -0.2) is 43.4 Å². The maximum absolute atomic E-state index is 12.5. The topological polar surface area (TPSA) is 95.7 Å². The molecule has 0 aliphatic carbocycles. The summed E-state index contributed by atoms with van der Waals surface area (Å²) in [5, 5.41) is 6.71. The van der Waals surface area contributed by atoms with E-state index in [4.69, 9.17) is 14.0 Å². The lowest BCUT2D eigenvalue weighted by Gasteiger charge is -2.11. The summed E-state index contributed by atoms with van der Waals surface area (Å²) in [6.07, 6.45) is 0.911. The van der Waals surface area contributed by atoms with Crippen molar-refractivity contribution in [1.29, 1.82) is 0 Å². The standard InChI is InChI=1S/C22H23F2N3O5/c1-29-16-6-4-15(5-7-16)21-26-20(32-27-21)10-9-19(28)25-12-11-14-3-8-17(30-2)18(13-14)31-22(23)24/h3-8,13,22H,9-12H2,1-2H3,(H,25,28). The number of aromatic nitrogens is 2. The van der Waals surface area contributed by atoms with Crippen molar-refractivity contribution < 1.29 is 32.3 Å². The van der Waals surface area contributed by atoms with Gasteiger partial charge < -0.3 is 24.1 Å². The molecule has 0 saturated heterocycles. The van der Waals surface area contributed by atoms with E-state index < -0.39 is 6.61 Å². The molecule has 1 heterocycles. The number of benzene rings is 2. The first kappa shape index (κ1) is 23.0. The van der Waals surface area contributed by atoms with Gasteiger partial charge in [0.15, 0.2) is 11.5 Å². The smallest absolute Gasteiger partial charge is 0.387 e. The Balaban J connectivity index is 1.45. The number of amides is 1. The molecule has 0 fully saturated rings. The fourth-order valence-corrected chi connectivity index (χ4v) is 2.93. The van der Waals surface area contributed by atoms with Gasteiger partial charge in [-0.2, -0.15) is 13.8 Å². The lowest BCUT2D eigenvalue weighted by atomic mass is 10.1. The second-order valence-corrected chi connectivity index (χ2v) is 6.70. The molecule has 0 radical (unpaired) electrons. The van der Waals surface area contributed by atoms with Crippen LogP contribution >= 0.6 is 0 Å². The number of rotatable bonds is 11. The van der Waals surface area contributed by atoms with Crippen molar-refractivity contribution in [1.82, 2.24) is 15.5 Å². The van der Waals surface area contributed by atoms with Gasteiger partial charge in [0.2, 0.25) is 17.6 Å². The van der Waals surface area contributed by atoms with Crippen molar-refractivity contribution >= 4 is 5.91 Å². The zero-order valence-corrected chi connectivity index (χ0v) is 17.6. The molecule has 2 aromatic carbocycles. The van der Waals surface area contributed by atoms with Crippen LogP contribution in [0.1, 0.15) is 17.9 Å². The second-order valence-electron chi connectivity index (χ2n) is 6.70. The third-order valence-electron chi connectivity index (χ3n) is 4.56. The molecule has 0 atom stereocenters. The van der Waals surface area contributed by atoms with Gasteiger partial charge in [-0.25, -0.2) is 0 Å². The number of carbonyl (C=O) groups is 1. The number of nitrogens with zero attached hydrogens (tertiary/aromatic N) is 2. The number of hydrogen-bond acceptors (Lipinski definition) is 7. The average molecular weight is 447 g/mol. The fraction of sp³-hybridized carbons (Fsp3) is 0.318. The number of ether oxygens (including phenoxy) is 3. The number of carbonyl (C=O) groups excluding carboxylic acids is 1. The molecule has 3 aromatic rings. The summed E-state index contributed by atoms with van der Waals surface area (Å²) in [7, 11) is 2.96. The fourth-order valence-electron chi connectivity index (χ4n) is 2.93. The maximum atomic E-state index is 12.5. The quantitative estimate of drug-likeness (QED) is 0.479. The molecule has 0 aliphatic rings. The molecular formula is C22H23F2N3O5. The summed E-state index contributed by atoms with van der Waals surface area (Å²) in [5.41, 5.74) is 1.50. The minimum Gasteiger partial charge on any atom is -0.497 e. The van der Waals surface area contributed by atoms with E-state index in [1.807, 2.05) is 12.1 Å². The molecular weight excluding hydrogens is 424 g/mol. The van der Waals surface area contributed by atoms with E-state index in [-0.39, 0.29) is 23.8 Å². The molecule has 3 rings (SSSR count). The lowest BCUT2D eigenvalue weighted by Crippen LogP contribution is -2.25. The Morgan fingerprint density at radius 3 is 2.53 bits per heavy atom. The molecule has 10 heteroatoms. The minimum atomic E-state index is -2.95. The van der Waals surface area contributed by atoms with E-state index in [1.54, 1.807) is 31.4 Å². The first-order chi connectivity index (χ1) is 15.5. The van der Waals surface area contributed by atoms with Crippen LogP contribution in [0, 0.1) is 0 Å². The Morgan fingerprint density at radius 1 is 1.06 bits per heavy atom. The molecule has 1 N–H and O–H groups in total. The summed E-state index contributed by atoms with van der Waals surface area (Å²) in [4.78, 5) is 16.4. The number of halogens is 2. The highest BCUT2D eigenvalue weighted by Crippen LogP contribution is 2.29. The van der Waals surface area contributed by atoms with E-state index in [0.29, 0.717) is 31.1 Å². The molecule has 0 saturated carbocycles. The third-order valence-corrected chi connectivity index (χ3v) is 4.56. The van der Waals surface area contributed by atoms with Crippen molar-refractivity contribution in [3.63, 3.8) is 0 Å². The minimum absolute atomic E-state index is 0.0459. The number of alkyl halides is 2. The Kier molecular flexibility index (Phi) is 7.96. The lowest BCUT2D eigenvalue weighted by molar-refractivity contribution is -0.121. The highest BCUT2D eigenvalue weighted by Gasteiger charge is 2.13. The summed E-state index contributed by atoms with van der Waals surface area (Å²) in [6, 6.07) is 12.0. The van der Waals surface area contributed by atoms with Crippen LogP contribution in [0.5, 0.6) is 17.2 Å². The van der Waals surface area contributed by atoms with Gasteiger partial charge in [0.25, 0.3) is 0 Å². The normalized spacial score (nSPS) is 10.8. The monoisotopic (exact) mass is 447 g/mol. The molecule has 0 unspecified atom stereocenters. The zero-order valence-electron chi connectivity index (χ0n) is 17.6. The van der Waals surface area contributed by atoms with Crippen molar-refractivity contribution in [3.8, 4) is 28.6 Å². The number of aryl methyl sites for hydroxylation is 1. The van der Waals surface area contributed by atoms with Gasteiger partial charge in [0.05, 0.1) is 14.2 Å². The number of methoxy groups -OCH3 is 2. The van der Waals surface area contributed by atoms with Crippen molar-refractivity contribution in [2.24, 2.45) is 0 Å². The highest BCUT2D eigenvalue weighted by atomic mass is 19.3. The molecule has 1 aromatic heterocycles. The Labute approximate surface area is 183 Å². The highest BCUT2D eigenvalue weighted by molar-refractivity contribution is 5.76. The zero-order chi connectivity index (χ0) is 22.9. The largest absolute Gasteiger partial charge is 0.497 e. The van der Waals surface area contributed by atoms with Gasteiger partial charge in [-0.05, 0) is 48.4 Å². The van der Waals surface area contributed by atoms with E-state index in [2.05, 4.69) is 20.2 Å². The predicted molar refractivity (Wildman–Crippen MR) is 111 cm³/mol. The van der Waals surface area contributed by atoms with Crippen molar-refractivity contribution in [2.75, 3.05) is 20.8 Å². The van der Waals surface area contributed by atoms with Crippen LogP contribution in [0.15, 0.2) is 47.0 Å². The number of hydrogen-bond donors (Lipinski definition) is 1. The summed E-state index contributed by atoms with van der Waals surface area (Å²) in [6.45, 7) is -2.62. The summed E-state index contributed by atoms with van der Waals surface area (Å²) >= 11 is 0. The number of nitrogens with one attached hydrogen (secondary N) is 1. The van der Waals surface area contributed by atoms with Crippen LogP contribution in [-0.2, 0) is 17.6 Å². The van der Waals surface area contributed by atoms with Crippen molar-refractivity contribution in [2.45, 2.75) is 25.9 Å². The average Bonchev–Trinajstić information content (AvgIpc) is 3.27. The Hall–Kier alpha value is -3.69. The maximum Gasteiger partial charge on any atom is 0.387 e. The Morgan fingerprint density at radius 2 is 1.84 bits per heavy atom. The van der Waals surface area contributed by atoms with E-state index in [9.17, 15) is 13.6 Å². The molecule has 8 nitrogen and oxygen atoms in total. The second kappa shape index (κ2) is 11.1. The molecule has 0 aliphatic heterocycles. The summed E-state index contributed by atoms with van der Waals surface area (Å²) < 4.78 is 44.8. The van der Waals surface area contributed by atoms with Gasteiger partial charge in [-0.15, -0.1) is 0 Å². The van der Waals surface area contributed by atoms with Gasteiger partial charge in [-0.1, -0.05) is 11.2 Å². The van der Waals surface area contributed by atoms with Crippen LogP contribution in [0.2, 0.25) is 0 Å². The van der Waals surface area contributed by atoms with Crippen LogP contribution < -0.4 is 19.5 Å². The molecule has 0 spiro atoms. The van der Waals surface area contributed by atoms with E-state index in [1.165, 1.54) is 13.2 Å². The van der Waals surface area contributed by atoms with Crippen LogP contribution in [0.25, 0.3) is 11.4 Å². The molecule has 1 amide bonds. The van der Waals surface area contributed by atoms with E-state index >= 15 is 0 Å². The van der Waals surface area contributed by atoms with Crippen LogP contribution in [0.3, 0.4) is 0 Å². The Bertz CT molecular complexity index is 1020. The first-order valence-corrected chi connectivity index (χ1v) is 9.84. The first-order valence-electron chi connectivity index (χ1n) is 9.84. The van der Waals surface area contributed by atoms with Gasteiger partial charge >= 0.3 is 6.61 Å². The van der Waals surface area contributed by atoms with Gasteiger partial charge in [-0.3, -0.25) is 4.79 Å². The van der Waals surface area contributed by atoms with Crippen LogP contribution in [0.4, 0.5) is 8.78 Å². The van der Waals surface area contributed by atoms with E-state index in [0.717, 1.165) is 16.9 Å². The third kappa shape index (κ3) is 6.40. The SMILES string of the molecule is COc1ccc(-c2noc(CCC(=O)NCCc3ccc(OC)c(OC(F)F)c3)n2)cc1. The van der Waals surface area contributed by atoms with Gasteiger partial charge in [0.1, 0.15) is 5.75 Å². The molecule has 0 bridgehead atoms. The molecule has 170 valence electrons. The van der Waals surface area contributed by atoms with Gasteiger partial charge in [0, 0.05) is 24.9 Å². The molecule has 32 heavy (non-hydrogen) atoms. The predicted octanol–water partition coefficient (Wildman–Crippen LogP) is 3.65.